The second-order valence-corrected chi connectivity index (χ2v) is 3.20. The van der Waals surface area contributed by atoms with Gasteiger partial charge in [-0.1, -0.05) is 18.2 Å². The molecule has 0 spiro atoms. The first-order valence-electron chi connectivity index (χ1n) is 4.82. The fraction of sp³-hybridized carbons (Fsp3) is 0.250. The summed E-state index contributed by atoms with van der Waals surface area (Å²) in [6.07, 6.45) is 3.71. The Hall–Kier alpha value is -1.81. The Bertz CT molecular complexity index is 399. The Morgan fingerprint density at radius 2 is 2.19 bits per heavy atom. The number of rotatable bonds is 4. The zero-order valence-electron chi connectivity index (χ0n) is 9.40. The molecule has 0 fully saturated rings. The average Bonchev–Trinajstić information content (AvgIpc) is 2.30. The Labute approximate surface area is 94.7 Å². The summed E-state index contributed by atoms with van der Waals surface area (Å²) in [6, 6.07) is 5.19. The minimum atomic E-state index is -0.431. The van der Waals surface area contributed by atoms with Crippen molar-refractivity contribution in [3.05, 3.63) is 35.4 Å². The van der Waals surface area contributed by atoms with Crippen LogP contribution in [0.5, 0.6) is 0 Å². The third-order valence-electron chi connectivity index (χ3n) is 2.06. The molecule has 0 radical (unpaired) electrons. The van der Waals surface area contributed by atoms with Crippen LogP contribution >= 0.6 is 0 Å². The van der Waals surface area contributed by atoms with E-state index in [2.05, 4.69) is 4.74 Å². The highest BCUT2D eigenvalue weighted by molar-refractivity contribution is 5.95. The first kappa shape index (κ1) is 12.3. The van der Waals surface area contributed by atoms with Crippen molar-refractivity contribution in [3.63, 3.8) is 0 Å². The molecule has 0 unspecified atom stereocenters. The number of methoxy groups -OCH3 is 2. The third kappa shape index (κ3) is 3.10. The van der Waals surface area contributed by atoms with Gasteiger partial charge < -0.3 is 15.2 Å². The molecule has 0 aliphatic carbocycles. The summed E-state index contributed by atoms with van der Waals surface area (Å²) in [7, 11) is 2.95. The van der Waals surface area contributed by atoms with Crippen LogP contribution in [0.15, 0.2) is 24.3 Å². The number of hydrogen-bond acceptors (Lipinski definition) is 4. The predicted octanol–water partition coefficient (Wildman–Crippen LogP) is 1.72. The lowest BCUT2D eigenvalue weighted by molar-refractivity contribution is 0.0602. The Morgan fingerprint density at radius 3 is 2.81 bits per heavy atom. The number of esters is 1. The van der Waals surface area contributed by atoms with E-state index in [0.29, 0.717) is 17.9 Å². The normalized spacial score (nSPS) is 10.6. The SMILES string of the molecule is COC/C=C/c1ccc(N)c(C(=O)OC)c1. The summed E-state index contributed by atoms with van der Waals surface area (Å²) in [5.41, 5.74) is 7.34. The highest BCUT2D eigenvalue weighted by atomic mass is 16.5. The Balaban J connectivity index is 2.93. The van der Waals surface area contributed by atoms with Crippen LogP contribution in [0.25, 0.3) is 6.08 Å². The van der Waals surface area contributed by atoms with Crippen LogP contribution in [-0.2, 0) is 9.47 Å². The van der Waals surface area contributed by atoms with Gasteiger partial charge in [-0.2, -0.15) is 0 Å². The molecule has 0 aromatic heterocycles. The molecular formula is C12H15NO3. The summed E-state index contributed by atoms with van der Waals surface area (Å²) in [5, 5.41) is 0. The van der Waals surface area contributed by atoms with Crippen LogP contribution in [0.4, 0.5) is 5.69 Å². The minimum Gasteiger partial charge on any atom is -0.465 e. The van der Waals surface area contributed by atoms with Crippen molar-refractivity contribution < 1.29 is 14.3 Å². The van der Waals surface area contributed by atoms with E-state index in [-0.39, 0.29) is 0 Å². The van der Waals surface area contributed by atoms with E-state index in [4.69, 9.17) is 10.5 Å². The van der Waals surface area contributed by atoms with Gasteiger partial charge in [0.1, 0.15) is 0 Å². The van der Waals surface area contributed by atoms with Gasteiger partial charge in [0.25, 0.3) is 0 Å². The first-order chi connectivity index (χ1) is 7.69. The maximum absolute atomic E-state index is 11.4. The molecule has 0 amide bonds. The maximum Gasteiger partial charge on any atom is 0.339 e. The minimum absolute atomic E-state index is 0.377. The van der Waals surface area contributed by atoms with Crippen LogP contribution < -0.4 is 5.73 Å². The fourth-order valence-corrected chi connectivity index (χ4v) is 1.24. The van der Waals surface area contributed by atoms with Crippen molar-refractivity contribution in [2.45, 2.75) is 0 Å². The van der Waals surface area contributed by atoms with Gasteiger partial charge >= 0.3 is 5.97 Å². The molecule has 0 atom stereocenters. The van der Waals surface area contributed by atoms with Gasteiger partial charge in [0.15, 0.2) is 0 Å². The van der Waals surface area contributed by atoms with Gasteiger partial charge in [0, 0.05) is 12.8 Å². The van der Waals surface area contributed by atoms with Crippen LogP contribution in [0.3, 0.4) is 0 Å². The zero-order chi connectivity index (χ0) is 12.0. The fourth-order valence-electron chi connectivity index (χ4n) is 1.24. The highest BCUT2D eigenvalue weighted by Gasteiger charge is 2.09. The molecular weight excluding hydrogens is 206 g/mol. The number of hydrogen-bond donors (Lipinski definition) is 1. The van der Waals surface area contributed by atoms with Crippen LogP contribution in [-0.4, -0.2) is 26.8 Å². The number of ether oxygens (including phenoxy) is 2. The van der Waals surface area contributed by atoms with Crippen molar-refractivity contribution in [1.82, 2.24) is 0 Å². The molecule has 0 saturated heterocycles. The smallest absolute Gasteiger partial charge is 0.339 e. The monoisotopic (exact) mass is 221 g/mol. The lowest BCUT2D eigenvalue weighted by atomic mass is 10.1. The summed E-state index contributed by atoms with van der Waals surface area (Å²) >= 11 is 0. The van der Waals surface area contributed by atoms with E-state index in [1.807, 2.05) is 18.2 Å². The molecule has 0 aliphatic heterocycles. The van der Waals surface area contributed by atoms with Gasteiger partial charge in [0.05, 0.1) is 19.3 Å². The number of carbonyl (C=O) groups excluding carboxylic acids is 1. The van der Waals surface area contributed by atoms with Gasteiger partial charge in [0.2, 0.25) is 0 Å². The summed E-state index contributed by atoms with van der Waals surface area (Å²) < 4.78 is 9.51. The van der Waals surface area contributed by atoms with Gasteiger partial charge in [-0.05, 0) is 17.7 Å². The van der Waals surface area contributed by atoms with E-state index in [9.17, 15) is 4.79 Å². The number of carbonyl (C=O) groups is 1. The van der Waals surface area contributed by atoms with Crippen LogP contribution in [0.2, 0.25) is 0 Å². The molecule has 0 heterocycles. The van der Waals surface area contributed by atoms with Crippen LogP contribution in [0, 0.1) is 0 Å². The number of benzene rings is 1. The molecule has 1 aromatic carbocycles. The molecule has 2 N–H and O–H groups in total. The highest BCUT2D eigenvalue weighted by Crippen LogP contribution is 2.16. The molecule has 0 bridgehead atoms. The molecule has 1 rings (SSSR count). The maximum atomic E-state index is 11.4. The molecule has 0 saturated carbocycles. The zero-order valence-corrected chi connectivity index (χ0v) is 9.40. The van der Waals surface area contributed by atoms with E-state index in [0.717, 1.165) is 5.56 Å². The third-order valence-corrected chi connectivity index (χ3v) is 2.06. The van der Waals surface area contributed by atoms with Crippen molar-refractivity contribution in [2.75, 3.05) is 26.6 Å². The van der Waals surface area contributed by atoms with Gasteiger partial charge in [-0.25, -0.2) is 4.79 Å². The van der Waals surface area contributed by atoms with Crippen molar-refractivity contribution in [2.24, 2.45) is 0 Å². The van der Waals surface area contributed by atoms with Crippen molar-refractivity contribution in [1.29, 1.82) is 0 Å². The molecule has 4 heteroatoms. The Kier molecular flexibility index (Phi) is 4.54. The summed E-state index contributed by atoms with van der Waals surface area (Å²) in [6.45, 7) is 0.526. The molecule has 86 valence electrons. The standard InChI is InChI=1S/C12H15NO3/c1-15-7-3-4-9-5-6-11(13)10(8-9)12(14)16-2/h3-6,8H,7,13H2,1-2H3/b4-3+. The van der Waals surface area contributed by atoms with E-state index in [1.54, 1.807) is 19.2 Å². The van der Waals surface area contributed by atoms with Crippen molar-refractivity contribution >= 4 is 17.7 Å². The largest absolute Gasteiger partial charge is 0.465 e. The van der Waals surface area contributed by atoms with Gasteiger partial charge in [-0.15, -0.1) is 0 Å². The molecule has 0 aliphatic rings. The summed E-state index contributed by atoms with van der Waals surface area (Å²) in [5.74, 6) is -0.431. The quantitative estimate of drug-likeness (QED) is 0.621. The molecule has 16 heavy (non-hydrogen) atoms. The Morgan fingerprint density at radius 1 is 1.44 bits per heavy atom. The predicted molar refractivity (Wildman–Crippen MR) is 63.1 cm³/mol. The van der Waals surface area contributed by atoms with E-state index >= 15 is 0 Å². The van der Waals surface area contributed by atoms with E-state index in [1.165, 1.54) is 7.11 Å². The average molecular weight is 221 g/mol. The lowest BCUT2D eigenvalue weighted by Crippen LogP contribution is -2.05. The second-order valence-electron chi connectivity index (χ2n) is 3.20. The van der Waals surface area contributed by atoms with Crippen LogP contribution in [0.1, 0.15) is 15.9 Å². The second kappa shape index (κ2) is 5.92. The topological polar surface area (TPSA) is 61.5 Å². The molecule has 1 aromatic rings. The first-order valence-corrected chi connectivity index (χ1v) is 4.82. The molecule has 4 nitrogen and oxygen atoms in total. The number of anilines is 1. The number of nitrogens with two attached hydrogens (primary N) is 1. The summed E-state index contributed by atoms with van der Waals surface area (Å²) in [4.78, 5) is 11.4. The number of nitrogen functional groups attached to an aromatic ring is 1. The van der Waals surface area contributed by atoms with E-state index < -0.39 is 5.97 Å². The van der Waals surface area contributed by atoms with Crippen molar-refractivity contribution in [3.8, 4) is 0 Å². The van der Waals surface area contributed by atoms with Gasteiger partial charge in [-0.3, -0.25) is 0 Å². The lowest BCUT2D eigenvalue weighted by Gasteiger charge is -2.04.